The van der Waals surface area contributed by atoms with E-state index in [0.717, 1.165) is 16.3 Å². The van der Waals surface area contributed by atoms with Gasteiger partial charge >= 0.3 is 0 Å². The van der Waals surface area contributed by atoms with Crippen LogP contribution in [0.4, 0.5) is 0 Å². The van der Waals surface area contributed by atoms with Gasteiger partial charge in [0.15, 0.2) is 0 Å². The van der Waals surface area contributed by atoms with Crippen molar-refractivity contribution in [3.8, 4) is 5.75 Å². The summed E-state index contributed by atoms with van der Waals surface area (Å²) < 4.78 is 6.02. The van der Waals surface area contributed by atoms with Crippen LogP contribution in [0.3, 0.4) is 0 Å². The molecule has 0 aromatic heterocycles. The van der Waals surface area contributed by atoms with Crippen molar-refractivity contribution in [3.63, 3.8) is 0 Å². The fourth-order valence-electron chi connectivity index (χ4n) is 3.14. The molecule has 1 fully saturated rings. The molecule has 0 N–H and O–H groups in total. The lowest BCUT2D eigenvalue weighted by Crippen LogP contribution is -2.29. The number of amides is 1. The number of carboxylic acids is 1. The lowest BCUT2D eigenvalue weighted by Gasteiger charge is -2.14. The second-order valence-electron chi connectivity index (χ2n) is 6.42. The second kappa shape index (κ2) is 9.21. The Morgan fingerprint density at radius 2 is 2.00 bits per heavy atom. The van der Waals surface area contributed by atoms with Crippen molar-refractivity contribution in [1.29, 1.82) is 0 Å². The Hall–Kier alpha value is -2.38. The predicted octanol–water partition coefficient (Wildman–Crippen LogP) is 3.36. The van der Waals surface area contributed by atoms with Crippen LogP contribution in [0, 0.1) is 0 Å². The Morgan fingerprint density at radius 3 is 2.75 bits per heavy atom. The number of thiocarbonyl (C=S) groups is 1. The summed E-state index contributed by atoms with van der Waals surface area (Å²) in [7, 11) is 1.61. The average molecular weight is 415 g/mol. The van der Waals surface area contributed by atoms with Crippen molar-refractivity contribution < 1.29 is 19.4 Å². The Bertz CT molecular complexity index is 955. The highest BCUT2D eigenvalue weighted by molar-refractivity contribution is 8.26. The maximum atomic E-state index is 12.8. The Balaban J connectivity index is 1.79. The molecule has 1 amide bonds. The van der Waals surface area contributed by atoms with Crippen molar-refractivity contribution in [1.82, 2.24) is 4.90 Å². The molecule has 0 unspecified atom stereocenters. The van der Waals surface area contributed by atoms with Crippen LogP contribution in [0.2, 0.25) is 0 Å². The molecule has 146 valence electrons. The molecule has 1 saturated heterocycles. The molecule has 1 aliphatic heterocycles. The molecule has 3 rings (SSSR count). The van der Waals surface area contributed by atoms with E-state index in [4.69, 9.17) is 17.0 Å². The predicted molar refractivity (Wildman–Crippen MR) is 114 cm³/mol. The standard InChI is InChI=1S/C21H21NO4S2/c1-26-17-11-10-14-7-4-5-8-15(14)16(17)13-18-20(25)22(21(27)28-18)12-6-2-3-9-19(23)24/h4-5,7-8,10-11,13H,2-3,6,9,12H2,1H3,(H,23,24)/p-1/b18-13-. The van der Waals surface area contributed by atoms with Gasteiger partial charge in [0.1, 0.15) is 10.1 Å². The molecule has 2 aromatic rings. The van der Waals surface area contributed by atoms with E-state index < -0.39 is 5.97 Å². The fraction of sp³-hybridized carbons (Fsp3) is 0.286. The smallest absolute Gasteiger partial charge is 0.266 e. The van der Waals surface area contributed by atoms with Gasteiger partial charge in [0.2, 0.25) is 0 Å². The van der Waals surface area contributed by atoms with Crippen molar-refractivity contribution in [2.45, 2.75) is 25.7 Å². The van der Waals surface area contributed by atoms with Crippen LogP contribution >= 0.6 is 24.0 Å². The molecule has 1 heterocycles. The number of thioether (sulfide) groups is 1. The number of rotatable bonds is 8. The highest BCUT2D eigenvalue weighted by Crippen LogP contribution is 2.37. The van der Waals surface area contributed by atoms with E-state index in [-0.39, 0.29) is 12.3 Å². The van der Waals surface area contributed by atoms with Gasteiger partial charge in [-0.15, -0.1) is 0 Å². The highest BCUT2D eigenvalue weighted by Gasteiger charge is 2.31. The maximum absolute atomic E-state index is 12.8. The first-order chi connectivity index (χ1) is 13.5. The molecule has 28 heavy (non-hydrogen) atoms. The third-order valence-corrected chi connectivity index (χ3v) is 5.94. The minimum absolute atomic E-state index is 0.0408. The quantitative estimate of drug-likeness (QED) is 0.375. The number of ether oxygens (including phenoxy) is 1. The third-order valence-electron chi connectivity index (χ3n) is 4.56. The topological polar surface area (TPSA) is 69.7 Å². The van der Waals surface area contributed by atoms with Crippen molar-refractivity contribution in [2.24, 2.45) is 0 Å². The van der Waals surface area contributed by atoms with Gasteiger partial charge < -0.3 is 14.6 Å². The Kier molecular flexibility index (Phi) is 6.70. The molecular formula is C21H20NO4S2-. The lowest BCUT2D eigenvalue weighted by molar-refractivity contribution is -0.305. The molecule has 2 aromatic carbocycles. The van der Waals surface area contributed by atoms with Crippen LogP contribution in [0.1, 0.15) is 31.2 Å². The lowest BCUT2D eigenvalue weighted by atomic mass is 10.0. The van der Waals surface area contributed by atoms with Crippen LogP contribution in [0.5, 0.6) is 5.75 Å². The van der Waals surface area contributed by atoms with Crippen LogP contribution in [0.15, 0.2) is 41.3 Å². The maximum Gasteiger partial charge on any atom is 0.266 e. The van der Waals surface area contributed by atoms with E-state index in [0.29, 0.717) is 40.8 Å². The van der Waals surface area contributed by atoms with E-state index in [1.54, 1.807) is 12.0 Å². The molecule has 5 nitrogen and oxygen atoms in total. The van der Waals surface area contributed by atoms with Gasteiger partial charge in [-0.1, -0.05) is 60.7 Å². The van der Waals surface area contributed by atoms with E-state index in [1.165, 1.54) is 11.8 Å². The van der Waals surface area contributed by atoms with E-state index in [1.807, 2.05) is 42.5 Å². The minimum Gasteiger partial charge on any atom is -0.550 e. The number of aliphatic carboxylic acids is 1. The van der Waals surface area contributed by atoms with Gasteiger partial charge in [-0.3, -0.25) is 9.69 Å². The normalized spacial score (nSPS) is 15.6. The summed E-state index contributed by atoms with van der Waals surface area (Å²) in [4.78, 5) is 25.4. The van der Waals surface area contributed by atoms with Crippen LogP contribution in [-0.2, 0) is 9.59 Å². The molecule has 0 radical (unpaired) electrons. The first kappa shape index (κ1) is 20.4. The van der Waals surface area contributed by atoms with Gasteiger partial charge in [0, 0.05) is 18.1 Å². The molecule has 0 aliphatic carbocycles. The first-order valence-electron chi connectivity index (χ1n) is 9.02. The van der Waals surface area contributed by atoms with E-state index in [9.17, 15) is 14.7 Å². The largest absolute Gasteiger partial charge is 0.550 e. The summed E-state index contributed by atoms with van der Waals surface area (Å²) in [5, 5.41) is 12.5. The number of methoxy groups -OCH3 is 1. The van der Waals surface area contributed by atoms with Gasteiger partial charge in [0.05, 0.1) is 12.0 Å². The number of carbonyl (C=O) groups excluding carboxylic acids is 2. The number of unbranched alkanes of at least 4 members (excludes halogenated alkanes) is 2. The summed E-state index contributed by atoms with van der Waals surface area (Å²) in [5.74, 6) is -0.464. The zero-order chi connectivity index (χ0) is 20.1. The number of fused-ring (bicyclic) bond motifs is 1. The van der Waals surface area contributed by atoms with E-state index in [2.05, 4.69) is 0 Å². The van der Waals surface area contributed by atoms with Crippen LogP contribution in [0.25, 0.3) is 16.8 Å². The molecule has 0 spiro atoms. The number of hydrogen-bond donors (Lipinski definition) is 0. The van der Waals surface area contributed by atoms with Crippen molar-refractivity contribution in [3.05, 3.63) is 46.9 Å². The first-order valence-corrected chi connectivity index (χ1v) is 10.2. The number of carboxylic acid groups (broad SMARTS) is 1. The molecule has 7 heteroatoms. The summed E-state index contributed by atoms with van der Waals surface area (Å²) in [5.41, 5.74) is 0.857. The third kappa shape index (κ3) is 4.54. The number of nitrogens with zero attached hydrogens (tertiary/aromatic N) is 1. The van der Waals surface area contributed by atoms with Gasteiger partial charge in [-0.05, 0) is 42.2 Å². The average Bonchev–Trinajstić information content (AvgIpc) is 2.95. The van der Waals surface area contributed by atoms with Crippen molar-refractivity contribution in [2.75, 3.05) is 13.7 Å². The van der Waals surface area contributed by atoms with Crippen LogP contribution in [-0.4, -0.2) is 34.8 Å². The summed E-state index contributed by atoms with van der Waals surface area (Å²) in [6.45, 7) is 0.488. The summed E-state index contributed by atoms with van der Waals surface area (Å²) >= 11 is 6.66. The molecule has 0 saturated carbocycles. The van der Waals surface area contributed by atoms with Gasteiger partial charge in [-0.2, -0.15) is 0 Å². The van der Waals surface area contributed by atoms with Crippen molar-refractivity contribution >= 4 is 57.0 Å². The summed E-state index contributed by atoms with van der Waals surface area (Å²) in [6, 6.07) is 11.8. The molecule has 1 aliphatic rings. The molecular weight excluding hydrogens is 394 g/mol. The monoisotopic (exact) mass is 414 g/mol. The Labute approximate surface area is 173 Å². The van der Waals surface area contributed by atoms with E-state index >= 15 is 0 Å². The fourth-order valence-corrected chi connectivity index (χ4v) is 4.43. The second-order valence-corrected chi connectivity index (χ2v) is 8.09. The minimum atomic E-state index is -1.04. The van der Waals surface area contributed by atoms with Crippen LogP contribution < -0.4 is 9.84 Å². The number of hydrogen-bond acceptors (Lipinski definition) is 6. The summed E-state index contributed by atoms with van der Waals surface area (Å²) in [6.07, 6.45) is 3.84. The van der Waals surface area contributed by atoms with Gasteiger partial charge in [0.25, 0.3) is 5.91 Å². The SMILES string of the molecule is COc1ccc2ccccc2c1/C=C1\SC(=S)N(CCCCCC(=O)[O-])C1=O. The Morgan fingerprint density at radius 1 is 1.21 bits per heavy atom. The number of carbonyl (C=O) groups is 2. The molecule has 0 bridgehead atoms. The highest BCUT2D eigenvalue weighted by atomic mass is 32.2. The molecule has 0 atom stereocenters. The zero-order valence-corrected chi connectivity index (χ0v) is 17.1. The number of benzene rings is 2. The zero-order valence-electron chi connectivity index (χ0n) is 15.5. The van der Waals surface area contributed by atoms with Gasteiger partial charge in [-0.25, -0.2) is 0 Å².